The molecule has 0 aliphatic carbocycles. The van der Waals surface area contributed by atoms with E-state index in [1.165, 1.54) is 0 Å². The third kappa shape index (κ3) is 5.74. The third-order valence-corrected chi connectivity index (χ3v) is 3.04. The highest BCUT2D eigenvalue weighted by Gasteiger charge is 2.09. The van der Waals surface area contributed by atoms with Crippen molar-refractivity contribution >= 4 is 0 Å². The summed E-state index contributed by atoms with van der Waals surface area (Å²) in [4.78, 5) is 0. The molecule has 0 aromatic heterocycles. The van der Waals surface area contributed by atoms with Crippen LogP contribution in [0.5, 0.6) is 5.75 Å². The maximum absolute atomic E-state index is 9.88. The molecule has 112 valence electrons. The highest BCUT2D eigenvalue weighted by Crippen LogP contribution is 2.12. The summed E-state index contributed by atoms with van der Waals surface area (Å²) >= 11 is 0. The van der Waals surface area contributed by atoms with E-state index in [2.05, 4.69) is 0 Å². The summed E-state index contributed by atoms with van der Waals surface area (Å²) in [5.41, 5.74) is 1.73. The first-order valence-corrected chi connectivity index (χ1v) is 6.89. The highest BCUT2D eigenvalue weighted by molar-refractivity contribution is 5.26. The monoisotopic (exact) mass is 280 g/mol. The normalized spacial score (nSPS) is 13.3. The van der Waals surface area contributed by atoms with Gasteiger partial charge in [-0.2, -0.15) is 0 Å². The number of allylic oxidation sites excluding steroid dienone is 1. The maximum atomic E-state index is 9.88. The van der Waals surface area contributed by atoms with Crippen LogP contribution in [0, 0.1) is 0 Å². The molecule has 0 unspecified atom stereocenters. The molecule has 0 aliphatic heterocycles. The van der Waals surface area contributed by atoms with Gasteiger partial charge in [0.05, 0.1) is 26.4 Å². The van der Waals surface area contributed by atoms with Gasteiger partial charge in [0.1, 0.15) is 5.75 Å². The number of hydrogen-bond donors (Lipinski definition) is 2. The van der Waals surface area contributed by atoms with Crippen molar-refractivity contribution < 1.29 is 19.7 Å². The Kier molecular flexibility index (Phi) is 7.95. The minimum absolute atomic E-state index is 0.104. The van der Waals surface area contributed by atoms with Crippen LogP contribution in [0.3, 0.4) is 0 Å². The van der Waals surface area contributed by atoms with Gasteiger partial charge in [0.25, 0.3) is 0 Å². The molecule has 0 saturated heterocycles. The minimum atomic E-state index is -0.629. The van der Waals surface area contributed by atoms with Crippen molar-refractivity contribution in [2.24, 2.45) is 0 Å². The molecule has 0 spiro atoms. The van der Waals surface area contributed by atoms with Gasteiger partial charge in [0.2, 0.25) is 0 Å². The molecular formula is C16H24O4. The average molecular weight is 280 g/mol. The average Bonchev–Trinajstić information content (AvgIpc) is 2.49. The summed E-state index contributed by atoms with van der Waals surface area (Å²) in [5.74, 6) is 0.821. The third-order valence-electron chi connectivity index (χ3n) is 3.04. The molecule has 0 bridgehead atoms. The lowest BCUT2D eigenvalue weighted by molar-refractivity contribution is 0.0813. The van der Waals surface area contributed by atoms with Crippen LogP contribution in [-0.2, 0) is 11.3 Å². The maximum Gasteiger partial charge on any atom is 0.118 e. The van der Waals surface area contributed by atoms with E-state index in [0.29, 0.717) is 25.2 Å². The first-order valence-electron chi connectivity index (χ1n) is 6.89. The van der Waals surface area contributed by atoms with E-state index >= 15 is 0 Å². The van der Waals surface area contributed by atoms with Crippen molar-refractivity contribution in [1.82, 2.24) is 0 Å². The fraction of sp³-hybridized carbons (Fsp3) is 0.500. The van der Waals surface area contributed by atoms with Crippen LogP contribution in [0.1, 0.15) is 25.3 Å². The molecule has 1 aromatic carbocycles. The van der Waals surface area contributed by atoms with Gasteiger partial charge in [0, 0.05) is 13.0 Å². The van der Waals surface area contributed by atoms with Crippen LogP contribution in [0.15, 0.2) is 35.9 Å². The number of ether oxygens (including phenoxy) is 2. The molecular weight excluding hydrogens is 256 g/mol. The van der Waals surface area contributed by atoms with Crippen LogP contribution < -0.4 is 4.74 Å². The summed E-state index contributed by atoms with van der Waals surface area (Å²) in [6, 6.07) is 7.68. The standard InChI is InChI=1S/C16H24O4/c1-3-4-14(11-17)16(18)9-10-20-12-13-5-7-15(19-2)8-6-13/h4-8,16-18H,3,9-12H2,1-2H3/b14-4+/t16-/m1/s1. The Morgan fingerprint density at radius 2 is 2.00 bits per heavy atom. The van der Waals surface area contributed by atoms with Gasteiger partial charge in [0.15, 0.2) is 0 Å². The smallest absolute Gasteiger partial charge is 0.118 e. The summed E-state index contributed by atoms with van der Waals surface area (Å²) in [6.45, 7) is 2.83. The van der Waals surface area contributed by atoms with Gasteiger partial charge in [-0.3, -0.25) is 0 Å². The van der Waals surface area contributed by atoms with E-state index in [-0.39, 0.29) is 6.61 Å². The molecule has 0 heterocycles. The van der Waals surface area contributed by atoms with E-state index in [1.54, 1.807) is 7.11 Å². The Morgan fingerprint density at radius 1 is 1.30 bits per heavy atom. The topological polar surface area (TPSA) is 58.9 Å². The van der Waals surface area contributed by atoms with Crippen molar-refractivity contribution in [1.29, 1.82) is 0 Å². The molecule has 4 nitrogen and oxygen atoms in total. The van der Waals surface area contributed by atoms with Crippen molar-refractivity contribution in [2.45, 2.75) is 32.5 Å². The molecule has 0 radical (unpaired) electrons. The van der Waals surface area contributed by atoms with Crippen LogP contribution >= 0.6 is 0 Å². The van der Waals surface area contributed by atoms with Crippen molar-refractivity contribution in [3.63, 3.8) is 0 Å². The fourth-order valence-electron chi connectivity index (χ4n) is 1.86. The second-order valence-corrected chi connectivity index (χ2v) is 4.55. The van der Waals surface area contributed by atoms with Gasteiger partial charge in [-0.1, -0.05) is 25.1 Å². The molecule has 0 amide bonds. The molecule has 0 saturated carbocycles. The van der Waals surface area contributed by atoms with Crippen molar-refractivity contribution in [2.75, 3.05) is 20.3 Å². The lowest BCUT2D eigenvalue weighted by atomic mass is 10.1. The lowest BCUT2D eigenvalue weighted by Crippen LogP contribution is -2.16. The molecule has 1 rings (SSSR count). The number of hydrogen-bond acceptors (Lipinski definition) is 4. The van der Waals surface area contributed by atoms with Crippen molar-refractivity contribution in [3.8, 4) is 5.75 Å². The van der Waals surface area contributed by atoms with E-state index in [1.807, 2.05) is 37.3 Å². The van der Waals surface area contributed by atoms with Crippen LogP contribution in [-0.4, -0.2) is 36.6 Å². The van der Waals surface area contributed by atoms with E-state index in [9.17, 15) is 5.11 Å². The molecule has 0 aliphatic rings. The summed E-state index contributed by atoms with van der Waals surface area (Å²) in [7, 11) is 1.63. The zero-order valence-corrected chi connectivity index (χ0v) is 12.2. The zero-order chi connectivity index (χ0) is 14.8. The van der Waals surface area contributed by atoms with Gasteiger partial charge in [-0.25, -0.2) is 0 Å². The zero-order valence-electron chi connectivity index (χ0n) is 12.2. The number of methoxy groups -OCH3 is 1. The molecule has 20 heavy (non-hydrogen) atoms. The van der Waals surface area contributed by atoms with Gasteiger partial charge < -0.3 is 19.7 Å². The Hall–Kier alpha value is -1.36. The van der Waals surface area contributed by atoms with Crippen LogP contribution in [0.25, 0.3) is 0 Å². The second kappa shape index (κ2) is 9.53. The van der Waals surface area contributed by atoms with Gasteiger partial charge >= 0.3 is 0 Å². The Morgan fingerprint density at radius 3 is 2.55 bits per heavy atom. The fourth-order valence-corrected chi connectivity index (χ4v) is 1.86. The molecule has 1 aromatic rings. The summed E-state index contributed by atoms with van der Waals surface area (Å²) < 4.78 is 10.6. The number of aliphatic hydroxyl groups excluding tert-OH is 2. The first-order chi connectivity index (χ1) is 9.71. The molecule has 0 fully saturated rings. The largest absolute Gasteiger partial charge is 0.497 e. The van der Waals surface area contributed by atoms with E-state index in [4.69, 9.17) is 14.6 Å². The molecule has 2 N–H and O–H groups in total. The SMILES string of the molecule is CC/C=C(\CO)[C@H](O)CCOCc1ccc(OC)cc1. The summed E-state index contributed by atoms with van der Waals surface area (Å²) in [6.07, 6.45) is 2.52. The number of benzene rings is 1. The van der Waals surface area contributed by atoms with E-state index in [0.717, 1.165) is 17.7 Å². The molecule has 4 heteroatoms. The molecule has 1 atom stereocenters. The second-order valence-electron chi connectivity index (χ2n) is 4.55. The quantitative estimate of drug-likeness (QED) is 0.538. The van der Waals surface area contributed by atoms with Gasteiger partial charge in [-0.05, 0) is 29.7 Å². The minimum Gasteiger partial charge on any atom is -0.497 e. The number of rotatable bonds is 9. The summed E-state index contributed by atoms with van der Waals surface area (Å²) in [5, 5.41) is 19.0. The highest BCUT2D eigenvalue weighted by atomic mass is 16.5. The number of aliphatic hydroxyl groups is 2. The van der Waals surface area contributed by atoms with Crippen LogP contribution in [0.2, 0.25) is 0 Å². The lowest BCUT2D eigenvalue weighted by Gasteiger charge is -2.13. The predicted molar refractivity (Wildman–Crippen MR) is 78.7 cm³/mol. The first kappa shape index (κ1) is 16.7. The van der Waals surface area contributed by atoms with E-state index < -0.39 is 6.10 Å². The van der Waals surface area contributed by atoms with Gasteiger partial charge in [-0.15, -0.1) is 0 Å². The van der Waals surface area contributed by atoms with Crippen molar-refractivity contribution in [3.05, 3.63) is 41.5 Å². The van der Waals surface area contributed by atoms with Crippen LogP contribution in [0.4, 0.5) is 0 Å². The Balaban J connectivity index is 2.28. The predicted octanol–water partition coefficient (Wildman–Crippen LogP) is 2.29. The Labute approximate surface area is 120 Å². The Bertz CT molecular complexity index is 397.